The Morgan fingerprint density at radius 3 is 2.61 bits per heavy atom. The molecule has 3 aromatic heterocycles. The van der Waals surface area contributed by atoms with Gasteiger partial charge in [0.05, 0.1) is 24.5 Å². The van der Waals surface area contributed by atoms with E-state index in [-0.39, 0.29) is 23.8 Å². The molecule has 0 amide bonds. The molecule has 4 aromatic rings. The fraction of sp³-hybridized carbons (Fsp3) is 0.375. The number of aliphatic hydroxyl groups excluding tert-OH is 1. The number of anilines is 3. The van der Waals surface area contributed by atoms with E-state index in [0.717, 1.165) is 74.4 Å². The summed E-state index contributed by atoms with van der Waals surface area (Å²) in [5.41, 5.74) is 10.1. The number of ether oxygens (including phenoxy) is 1. The number of benzene rings is 1. The number of nitrogens with two attached hydrogens (primary N) is 1. The number of hydrogen-bond donors (Lipinski definition) is 3. The first-order valence-corrected chi connectivity index (χ1v) is 14.8. The van der Waals surface area contributed by atoms with Crippen molar-refractivity contribution in [2.24, 2.45) is 5.73 Å². The van der Waals surface area contributed by atoms with Crippen LogP contribution >= 0.6 is 12.4 Å². The monoisotopic (exact) mass is 620 g/mol. The molecule has 5 heterocycles. The van der Waals surface area contributed by atoms with E-state index >= 15 is 0 Å². The summed E-state index contributed by atoms with van der Waals surface area (Å²) in [6, 6.07) is 12.7. The molecule has 0 aliphatic carbocycles. The highest BCUT2D eigenvalue weighted by molar-refractivity contribution is 5.85. The normalized spacial score (nSPS) is 17.6. The van der Waals surface area contributed by atoms with E-state index in [0.29, 0.717) is 30.0 Å². The van der Waals surface area contributed by atoms with E-state index in [1.807, 2.05) is 18.5 Å². The van der Waals surface area contributed by atoms with E-state index in [2.05, 4.69) is 37.2 Å². The molecule has 0 radical (unpaired) electrons. The lowest BCUT2D eigenvalue weighted by atomic mass is 10.0. The molecule has 2 aliphatic rings. The number of rotatable bonds is 8. The van der Waals surface area contributed by atoms with Gasteiger partial charge in [-0.25, -0.2) is 19.3 Å². The molecule has 12 heteroatoms. The molecular formula is C32H38ClFN8O2. The first kappa shape index (κ1) is 31.5. The van der Waals surface area contributed by atoms with Crippen molar-refractivity contribution < 1.29 is 14.2 Å². The molecule has 4 N–H and O–H groups in total. The number of halogens is 2. The number of aromatic nitrogens is 4. The van der Waals surface area contributed by atoms with Gasteiger partial charge < -0.3 is 25.8 Å². The van der Waals surface area contributed by atoms with Crippen LogP contribution in [0.4, 0.5) is 21.7 Å². The lowest BCUT2D eigenvalue weighted by Crippen LogP contribution is -2.39. The number of likely N-dealkylation sites (tertiary alicyclic amines) is 1. The second kappa shape index (κ2) is 14.3. The molecule has 0 unspecified atom stereocenters. The Morgan fingerprint density at radius 1 is 1.02 bits per heavy atom. The van der Waals surface area contributed by atoms with Gasteiger partial charge in [0.25, 0.3) is 0 Å². The van der Waals surface area contributed by atoms with Crippen molar-refractivity contribution in [3.63, 3.8) is 0 Å². The number of hydrogen-bond acceptors (Lipinski definition) is 10. The van der Waals surface area contributed by atoms with Crippen molar-refractivity contribution in [3.8, 4) is 28.3 Å². The summed E-state index contributed by atoms with van der Waals surface area (Å²) in [6.45, 7) is 4.14. The Balaban J connectivity index is 0.00000384. The molecule has 2 fully saturated rings. The van der Waals surface area contributed by atoms with E-state index in [1.54, 1.807) is 24.4 Å². The fourth-order valence-electron chi connectivity index (χ4n) is 5.76. The summed E-state index contributed by atoms with van der Waals surface area (Å²) in [5.74, 6) is 1.12. The van der Waals surface area contributed by atoms with Crippen LogP contribution in [-0.2, 0) is 6.54 Å². The Hall–Kier alpha value is -3.90. The molecule has 1 atom stereocenters. The highest BCUT2D eigenvalue weighted by Crippen LogP contribution is 2.35. The molecule has 2 saturated heterocycles. The average molecular weight is 621 g/mol. The van der Waals surface area contributed by atoms with Crippen LogP contribution in [0.15, 0.2) is 61.1 Å². The minimum Gasteiger partial charge on any atom is -0.496 e. The maximum absolute atomic E-state index is 14.7. The standard InChI is InChI=1S/C32H37FN8O2.ClH/c1-43-28-6-2-5-26(33)31(28)32-35-12-9-29(39-32)38-30-16-27(41-13-3-4-24(42)20-41)25(18-37-30)21-7-8-23(36-17-21)19-40-14-10-22(34)11-15-40;/h2,5-9,12,16-18,22,24,42H,3-4,10-11,13-15,19-20,34H2,1H3,(H,35,37,38,39);1H/t24-;/m0./s1. The van der Waals surface area contributed by atoms with Crippen molar-refractivity contribution >= 4 is 29.7 Å². The number of β-amino-alcohol motifs (C(OH)–C–C–N with tert-alkyl or cyclic N) is 1. The summed E-state index contributed by atoms with van der Waals surface area (Å²) < 4.78 is 20.0. The number of methoxy groups -OCH3 is 1. The van der Waals surface area contributed by atoms with E-state index < -0.39 is 11.9 Å². The molecule has 0 saturated carbocycles. The van der Waals surface area contributed by atoms with Crippen LogP contribution in [-0.4, -0.2) is 75.4 Å². The van der Waals surface area contributed by atoms with E-state index in [1.165, 1.54) is 13.2 Å². The van der Waals surface area contributed by atoms with Crippen LogP contribution in [0.2, 0.25) is 0 Å². The van der Waals surface area contributed by atoms with Crippen molar-refractivity contribution in [1.29, 1.82) is 0 Å². The molecule has 44 heavy (non-hydrogen) atoms. The Bertz CT molecular complexity index is 1550. The van der Waals surface area contributed by atoms with Gasteiger partial charge in [0.15, 0.2) is 5.82 Å². The third-order valence-corrected chi connectivity index (χ3v) is 8.10. The minimum atomic E-state index is -0.468. The zero-order valence-corrected chi connectivity index (χ0v) is 25.5. The third kappa shape index (κ3) is 7.24. The van der Waals surface area contributed by atoms with Gasteiger partial charge in [-0.05, 0) is 49.9 Å². The van der Waals surface area contributed by atoms with Crippen LogP contribution in [0.25, 0.3) is 22.5 Å². The topological polar surface area (TPSA) is 126 Å². The predicted octanol–water partition coefficient (Wildman–Crippen LogP) is 4.80. The SMILES string of the molecule is COc1cccc(F)c1-c1nccc(Nc2cc(N3CCC[C@H](O)C3)c(-c3ccc(CN4CCC(N)CC4)nc3)cn2)n1.Cl. The summed E-state index contributed by atoms with van der Waals surface area (Å²) >= 11 is 0. The average Bonchev–Trinajstić information content (AvgIpc) is 3.02. The van der Waals surface area contributed by atoms with Gasteiger partial charge in [0.2, 0.25) is 0 Å². The van der Waals surface area contributed by atoms with Crippen molar-refractivity contribution in [1.82, 2.24) is 24.8 Å². The largest absolute Gasteiger partial charge is 0.496 e. The summed E-state index contributed by atoms with van der Waals surface area (Å²) in [6.07, 6.45) is 8.60. The van der Waals surface area contributed by atoms with Gasteiger partial charge in [-0.3, -0.25) is 9.88 Å². The zero-order valence-electron chi connectivity index (χ0n) is 24.7. The number of nitrogens with one attached hydrogen (secondary N) is 1. The molecule has 2 aliphatic heterocycles. The molecule has 1 aromatic carbocycles. The molecule has 6 rings (SSSR count). The van der Waals surface area contributed by atoms with Gasteiger partial charge in [-0.1, -0.05) is 12.1 Å². The van der Waals surface area contributed by atoms with Gasteiger partial charge in [-0.15, -0.1) is 12.4 Å². The molecule has 0 bridgehead atoms. The number of aliphatic hydroxyl groups is 1. The Labute approximate surface area is 262 Å². The van der Waals surface area contributed by atoms with E-state index in [4.69, 9.17) is 20.4 Å². The third-order valence-electron chi connectivity index (χ3n) is 8.10. The van der Waals surface area contributed by atoms with Gasteiger partial charge in [-0.2, -0.15) is 0 Å². The zero-order chi connectivity index (χ0) is 29.8. The maximum atomic E-state index is 14.7. The lowest BCUT2D eigenvalue weighted by Gasteiger charge is -2.33. The second-order valence-electron chi connectivity index (χ2n) is 11.2. The van der Waals surface area contributed by atoms with Gasteiger partial charge in [0, 0.05) is 80.2 Å². The first-order valence-electron chi connectivity index (χ1n) is 14.8. The van der Waals surface area contributed by atoms with Crippen LogP contribution in [0, 0.1) is 5.82 Å². The van der Waals surface area contributed by atoms with Crippen LogP contribution in [0.1, 0.15) is 31.4 Å². The summed E-state index contributed by atoms with van der Waals surface area (Å²) in [4.78, 5) is 22.9. The second-order valence-corrected chi connectivity index (χ2v) is 11.2. The molecule has 232 valence electrons. The smallest absolute Gasteiger partial charge is 0.168 e. The number of nitrogens with zero attached hydrogens (tertiary/aromatic N) is 6. The molecular weight excluding hydrogens is 583 g/mol. The Kier molecular flexibility index (Phi) is 10.2. The van der Waals surface area contributed by atoms with Gasteiger partial charge >= 0.3 is 0 Å². The van der Waals surface area contributed by atoms with Crippen molar-refractivity contribution in [2.45, 2.75) is 44.4 Å². The Morgan fingerprint density at radius 2 is 1.86 bits per heavy atom. The fourth-order valence-corrected chi connectivity index (χ4v) is 5.76. The summed E-state index contributed by atoms with van der Waals surface area (Å²) in [7, 11) is 1.49. The quantitative estimate of drug-likeness (QED) is 0.253. The number of pyridine rings is 2. The molecule has 10 nitrogen and oxygen atoms in total. The van der Waals surface area contributed by atoms with Crippen LogP contribution < -0.4 is 20.7 Å². The van der Waals surface area contributed by atoms with Crippen LogP contribution in [0.5, 0.6) is 5.75 Å². The van der Waals surface area contributed by atoms with Crippen molar-refractivity contribution in [2.75, 3.05) is 43.5 Å². The van der Waals surface area contributed by atoms with Gasteiger partial charge in [0.1, 0.15) is 23.2 Å². The predicted molar refractivity (Wildman–Crippen MR) is 172 cm³/mol. The number of piperidine rings is 2. The summed E-state index contributed by atoms with van der Waals surface area (Å²) in [5, 5.41) is 13.7. The highest BCUT2D eigenvalue weighted by Gasteiger charge is 2.23. The highest BCUT2D eigenvalue weighted by atomic mass is 35.5. The maximum Gasteiger partial charge on any atom is 0.168 e. The van der Waals surface area contributed by atoms with Crippen molar-refractivity contribution in [3.05, 3.63) is 72.6 Å². The lowest BCUT2D eigenvalue weighted by molar-refractivity contribution is 0.154. The van der Waals surface area contributed by atoms with Crippen LogP contribution in [0.3, 0.4) is 0 Å². The minimum absolute atomic E-state index is 0. The van der Waals surface area contributed by atoms with E-state index in [9.17, 15) is 9.50 Å². The molecule has 0 spiro atoms. The first-order chi connectivity index (χ1) is 21.0.